The molecule has 0 unspecified atom stereocenters. The minimum atomic E-state index is -1.07. The van der Waals surface area contributed by atoms with Gasteiger partial charge in [0, 0.05) is 12.1 Å². The van der Waals surface area contributed by atoms with Crippen molar-refractivity contribution in [3.8, 4) is 0 Å². The highest BCUT2D eigenvalue weighted by molar-refractivity contribution is 5.80. The van der Waals surface area contributed by atoms with E-state index in [1.54, 1.807) is 31.2 Å². The van der Waals surface area contributed by atoms with Crippen molar-refractivity contribution < 1.29 is 24.2 Å². The standard InChI is InChI=1S/C15H20N2O5/c1-2-22-14(19)9-10-4-3-5-11(8-10)17-12(15(20)21)6-7-13(16)18/h3-5,8,12,17H,2,6-7,9H2,1H3,(H2,16,18)(H,20,21)/t12-/m0/s1. The Morgan fingerprint density at radius 2 is 2.09 bits per heavy atom. The highest BCUT2D eigenvalue weighted by Gasteiger charge is 2.18. The van der Waals surface area contributed by atoms with Gasteiger partial charge in [0.15, 0.2) is 0 Å². The van der Waals surface area contributed by atoms with E-state index in [1.807, 2.05) is 0 Å². The van der Waals surface area contributed by atoms with Crippen molar-refractivity contribution in [2.45, 2.75) is 32.2 Å². The molecule has 0 aromatic heterocycles. The molecule has 7 nitrogen and oxygen atoms in total. The van der Waals surface area contributed by atoms with Crippen molar-refractivity contribution in [2.24, 2.45) is 5.73 Å². The van der Waals surface area contributed by atoms with Crippen molar-refractivity contribution in [1.82, 2.24) is 0 Å². The summed E-state index contributed by atoms with van der Waals surface area (Å²) in [5, 5.41) is 12.0. The number of primary amides is 1. The first kappa shape index (κ1) is 17.5. The number of anilines is 1. The topological polar surface area (TPSA) is 119 Å². The number of esters is 1. The molecular weight excluding hydrogens is 288 g/mol. The van der Waals surface area contributed by atoms with Gasteiger partial charge in [0.1, 0.15) is 6.04 Å². The summed E-state index contributed by atoms with van der Waals surface area (Å²) in [6.45, 7) is 2.04. The Labute approximate surface area is 128 Å². The molecule has 0 aliphatic carbocycles. The number of carboxylic acids is 1. The third-order valence-electron chi connectivity index (χ3n) is 2.90. The summed E-state index contributed by atoms with van der Waals surface area (Å²) in [4.78, 5) is 33.4. The number of amides is 1. The summed E-state index contributed by atoms with van der Waals surface area (Å²) in [6.07, 6.45) is 0.182. The van der Waals surface area contributed by atoms with Crippen molar-refractivity contribution in [2.75, 3.05) is 11.9 Å². The quantitative estimate of drug-likeness (QED) is 0.584. The van der Waals surface area contributed by atoms with Gasteiger partial charge in [-0.05, 0) is 31.0 Å². The van der Waals surface area contributed by atoms with Gasteiger partial charge >= 0.3 is 11.9 Å². The number of nitrogens with two attached hydrogens (primary N) is 1. The first-order chi connectivity index (χ1) is 10.4. The zero-order chi connectivity index (χ0) is 16.5. The molecule has 0 radical (unpaired) electrons. The van der Waals surface area contributed by atoms with Gasteiger partial charge < -0.3 is 20.9 Å². The molecule has 120 valence electrons. The SMILES string of the molecule is CCOC(=O)Cc1cccc(N[C@@H](CCC(N)=O)C(=O)O)c1. The average Bonchev–Trinajstić information content (AvgIpc) is 2.43. The lowest BCUT2D eigenvalue weighted by atomic mass is 10.1. The molecule has 0 spiro atoms. The Morgan fingerprint density at radius 3 is 2.68 bits per heavy atom. The lowest BCUT2D eigenvalue weighted by Crippen LogP contribution is -2.30. The molecule has 0 aliphatic rings. The molecular formula is C15H20N2O5. The van der Waals surface area contributed by atoms with Gasteiger partial charge in [-0.1, -0.05) is 12.1 Å². The molecule has 0 saturated carbocycles. The van der Waals surface area contributed by atoms with Crippen LogP contribution in [-0.2, 0) is 25.5 Å². The van der Waals surface area contributed by atoms with E-state index in [4.69, 9.17) is 15.6 Å². The maximum absolute atomic E-state index is 11.4. The summed E-state index contributed by atoms with van der Waals surface area (Å²) in [5.74, 6) is -1.97. The van der Waals surface area contributed by atoms with E-state index in [9.17, 15) is 14.4 Å². The molecule has 7 heteroatoms. The van der Waals surface area contributed by atoms with E-state index in [-0.39, 0.29) is 25.2 Å². The van der Waals surface area contributed by atoms with Gasteiger partial charge in [0.25, 0.3) is 0 Å². The fourth-order valence-electron chi connectivity index (χ4n) is 1.89. The van der Waals surface area contributed by atoms with Gasteiger partial charge in [-0.15, -0.1) is 0 Å². The second-order valence-corrected chi connectivity index (χ2v) is 4.72. The van der Waals surface area contributed by atoms with E-state index in [1.165, 1.54) is 0 Å². The van der Waals surface area contributed by atoms with E-state index >= 15 is 0 Å². The lowest BCUT2D eigenvalue weighted by molar-refractivity contribution is -0.142. The highest BCUT2D eigenvalue weighted by atomic mass is 16.5. The minimum absolute atomic E-state index is 0.0213. The van der Waals surface area contributed by atoms with Crippen LogP contribution in [-0.4, -0.2) is 35.6 Å². The van der Waals surface area contributed by atoms with E-state index in [0.717, 1.165) is 0 Å². The number of ether oxygens (including phenoxy) is 1. The number of carbonyl (C=O) groups is 3. The Morgan fingerprint density at radius 1 is 1.36 bits per heavy atom. The van der Waals surface area contributed by atoms with Gasteiger partial charge in [0.05, 0.1) is 13.0 Å². The van der Waals surface area contributed by atoms with Gasteiger partial charge in [-0.25, -0.2) is 4.79 Å². The van der Waals surface area contributed by atoms with Crippen molar-refractivity contribution >= 4 is 23.5 Å². The molecule has 1 amide bonds. The Balaban J connectivity index is 2.72. The first-order valence-corrected chi connectivity index (χ1v) is 6.94. The zero-order valence-corrected chi connectivity index (χ0v) is 12.4. The van der Waals surface area contributed by atoms with Crippen LogP contribution in [0.25, 0.3) is 0 Å². The van der Waals surface area contributed by atoms with Crippen LogP contribution in [0, 0.1) is 0 Å². The second kappa shape index (κ2) is 8.66. The Kier molecular flexibility index (Phi) is 6.88. The third kappa shape index (κ3) is 6.25. The minimum Gasteiger partial charge on any atom is -0.480 e. The number of rotatable bonds is 9. The van der Waals surface area contributed by atoms with Gasteiger partial charge in [0.2, 0.25) is 5.91 Å². The van der Waals surface area contributed by atoms with Gasteiger partial charge in [-0.2, -0.15) is 0 Å². The molecule has 1 atom stereocenters. The maximum atomic E-state index is 11.4. The van der Waals surface area contributed by atoms with Gasteiger partial charge in [-0.3, -0.25) is 9.59 Å². The van der Waals surface area contributed by atoms with Crippen LogP contribution < -0.4 is 11.1 Å². The predicted octanol–water partition coefficient (Wildman–Crippen LogP) is 0.923. The van der Waals surface area contributed by atoms with E-state index < -0.39 is 17.9 Å². The molecule has 0 heterocycles. The molecule has 0 aliphatic heterocycles. The fraction of sp³-hybridized carbons (Fsp3) is 0.400. The lowest BCUT2D eigenvalue weighted by Gasteiger charge is -2.15. The maximum Gasteiger partial charge on any atom is 0.326 e. The molecule has 0 fully saturated rings. The number of aliphatic carboxylic acids is 1. The summed E-state index contributed by atoms with van der Waals surface area (Å²) in [5.41, 5.74) is 6.30. The molecule has 4 N–H and O–H groups in total. The largest absolute Gasteiger partial charge is 0.480 e. The molecule has 0 saturated heterocycles. The molecule has 1 aromatic rings. The first-order valence-electron chi connectivity index (χ1n) is 6.94. The number of benzene rings is 1. The van der Waals surface area contributed by atoms with Crippen LogP contribution in [0.15, 0.2) is 24.3 Å². The molecule has 0 bridgehead atoms. The fourth-order valence-corrected chi connectivity index (χ4v) is 1.89. The monoisotopic (exact) mass is 308 g/mol. The van der Waals surface area contributed by atoms with Crippen LogP contribution in [0.4, 0.5) is 5.69 Å². The summed E-state index contributed by atoms with van der Waals surface area (Å²) < 4.78 is 4.87. The number of carbonyl (C=O) groups excluding carboxylic acids is 2. The third-order valence-corrected chi connectivity index (χ3v) is 2.90. The number of nitrogens with one attached hydrogen (secondary N) is 1. The zero-order valence-electron chi connectivity index (χ0n) is 12.4. The molecule has 1 rings (SSSR count). The summed E-state index contributed by atoms with van der Waals surface area (Å²) in [7, 11) is 0. The van der Waals surface area contributed by atoms with Crippen molar-refractivity contribution in [1.29, 1.82) is 0 Å². The Bertz CT molecular complexity index is 544. The van der Waals surface area contributed by atoms with Crippen LogP contribution in [0.3, 0.4) is 0 Å². The Hall–Kier alpha value is -2.57. The second-order valence-electron chi connectivity index (χ2n) is 4.72. The predicted molar refractivity (Wildman–Crippen MR) is 80.3 cm³/mol. The van der Waals surface area contributed by atoms with Crippen LogP contribution >= 0.6 is 0 Å². The molecule has 1 aromatic carbocycles. The highest BCUT2D eigenvalue weighted by Crippen LogP contribution is 2.14. The van der Waals surface area contributed by atoms with Crippen LogP contribution in [0.2, 0.25) is 0 Å². The molecule has 22 heavy (non-hydrogen) atoms. The van der Waals surface area contributed by atoms with Crippen molar-refractivity contribution in [3.63, 3.8) is 0 Å². The van der Waals surface area contributed by atoms with Crippen molar-refractivity contribution in [3.05, 3.63) is 29.8 Å². The average molecular weight is 308 g/mol. The normalized spacial score (nSPS) is 11.5. The number of hydrogen-bond donors (Lipinski definition) is 3. The van der Waals surface area contributed by atoms with Crippen LogP contribution in [0.1, 0.15) is 25.3 Å². The van der Waals surface area contributed by atoms with E-state index in [0.29, 0.717) is 17.9 Å². The summed E-state index contributed by atoms with van der Waals surface area (Å²) in [6, 6.07) is 5.90. The number of hydrogen-bond acceptors (Lipinski definition) is 5. The summed E-state index contributed by atoms with van der Waals surface area (Å²) >= 11 is 0. The number of carboxylic acid groups (broad SMARTS) is 1. The van der Waals surface area contributed by atoms with E-state index in [2.05, 4.69) is 5.32 Å². The van der Waals surface area contributed by atoms with Crippen LogP contribution in [0.5, 0.6) is 0 Å². The smallest absolute Gasteiger partial charge is 0.326 e.